The number of para-hydroxylation sites is 1. The van der Waals surface area contributed by atoms with E-state index in [2.05, 4.69) is 62.1 Å². The number of allylic oxidation sites excluding steroid dienone is 1. The smallest absolute Gasteiger partial charge is 0.0777 e. The van der Waals surface area contributed by atoms with Gasteiger partial charge in [-0.15, -0.1) is 0 Å². The molecular weight excluding hydrogens is 294 g/mol. The molecule has 120 valence electrons. The van der Waals surface area contributed by atoms with Crippen molar-refractivity contribution in [3.63, 3.8) is 0 Å². The summed E-state index contributed by atoms with van der Waals surface area (Å²) in [6.07, 6.45) is 6.88. The average molecular weight is 318 g/mol. The summed E-state index contributed by atoms with van der Waals surface area (Å²) in [6.45, 7) is 8.75. The van der Waals surface area contributed by atoms with E-state index in [-0.39, 0.29) is 0 Å². The fourth-order valence-corrected chi connectivity index (χ4v) is 1.86. The molecule has 0 fully saturated rings. The molecule has 0 aliphatic carbocycles. The van der Waals surface area contributed by atoms with Gasteiger partial charge < -0.3 is 4.90 Å². The van der Waals surface area contributed by atoms with Crippen LogP contribution in [0.1, 0.15) is 39.2 Å². The van der Waals surface area contributed by atoms with Gasteiger partial charge in [-0.05, 0) is 31.9 Å². The second-order valence-corrected chi connectivity index (χ2v) is 5.11. The van der Waals surface area contributed by atoms with Gasteiger partial charge in [0.2, 0.25) is 0 Å². The van der Waals surface area contributed by atoms with Gasteiger partial charge in [0.15, 0.2) is 0 Å². The van der Waals surface area contributed by atoms with Gasteiger partial charge in [0.25, 0.3) is 0 Å². The lowest BCUT2D eigenvalue weighted by molar-refractivity contribution is -1.92. The van der Waals surface area contributed by atoms with Crippen LogP contribution in [-0.4, -0.2) is 17.7 Å². The molecule has 5 nitrogen and oxygen atoms in total. The highest BCUT2D eigenvalue weighted by atomic mass is 35.7. The molecule has 1 aromatic rings. The molecule has 0 saturated heterocycles. The molecule has 1 N–H and O–H groups in total. The summed E-state index contributed by atoms with van der Waals surface area (Å²) in [6, 6.07) is 8.63. The summed E-state index contributed by atoms with van der Waals surface area (Å²) in [5.74, 6) is 0. The van der Waals surface area contributed by atoms with E-state index in [9.17, 15) is 0 Å². The molecule has 0 atom stereocenters. The predicted octanol–water partition coefficient (Wildman–Crippen LogP) is 0.222. The Balaban J connectivity index is 0.000000690. The molecular formula is C15H24ClNO4. The number of anilines is 1. The fourth-order valence-electron chi connectivity index (χ4n) is 1.86. The van der Waals surface area contributed by atoms with Crippen LogP contribution in [0, 0.1) is 10.2 Å². The lowest BCUT2D eigenvalue weighted by Gasteiger charge is -2.23. The molecule has 0 bridgehead atoms. The van der Waals surface area contributed by atoms with Crippen LogP contribution in [0.2, 0.25) is 0 Å². The number of unbranched alkanes of at least 4 members (excludes halogenated alkanes) is 1. The second-order valence-electron chi connectivity index (χ2n) is 4.32. The third-order valence-corrected chi connectivity index (χ3v) is 2.79. The summed E-state index contributed by atoms with van der Waals surface area (Å²) in [5.41, 5.74) is 2.68. The van der Waals surface area contributed by atoms with Crippen LogP contribution in [0.3, 0.4) is 0 Å². The third kappa shape index (κ3) is 10.3. The number of hydrogen-bond acceptors (Lipinski definition) is 5. The van der Waals surface area contributed by atoms with Gasteiger partial charge in [0.05, 0.1) is 14.9 Å². The Kier molecular flexibility index (Phi) is 10.0. The van der Waals surface area contributed by atoms with Crippen LogP contribution in [0.4, 0.5) is 5.69 Å². The van der Waals surface area contributed by atoms with E-state index in [0.717, 1.165) is 19.5 Å². The van der Waals surface area contributed by atoms with E-state index in [0.29, 0.717) is 0 Å². The van der Waals surface area contributed by atoms with Crippen molar-refractivity contribution >= 4 is 11.8 Å². The van der Waals surface area contributed by atoms with Crippen molar-refractivity contribution in [3.05, 3.63) is 35.9 Å². The topological polar surface area (TPSA) is 92.7 Å². The zero-order valence-corrected chi connectivity index (χ0v) is 13.5. The maximum atomic E-state index is 8.60. The highest BCUT2D eigenvalue weighted by molar-refractivity contribution is 5.67. The number of hydrogen-bond donors (Lipinski definition) is 1. The standard InChI is InChI=1S/C15H23N.ClHO4/c1-4-7-8-11-14-12-9-10-13-15(14)16(5-2)6-3;2-1(3,4)5/h8-13H,4-7H2,1-3H3;(H,2,3,4,5). The van der Waals surface area contributed by atoms with E-state index in [1.807, 2.05) is 0 Å². The monoisotopic (exact) mass is 317 g/mol. The second kappa shape index (κ2) is 10.6. The fraction of sp³-hybridized carbons (Fsp3) is 0.467. The molecule has 0 amide bonds. The Labute approximate surface area is 128 Å². The van der Waals surface area contributed by atoms with Crippen molar-refractivity contribution in [2.75, 3.05) is 18.0 Å². The first kappa shape index (κ1) is 19.9. The minimum atomic E-state index is -4.69. The number of rotatable bonds is 6. The Bertz CT molecular complexity index is 408. The Hall–Kier alpha value is -1.11. The first-order valence-corrected chi connectivity index (χ1v) is 8.23. The zero-order chi connectivity index (χ0) is 16.3. The minimum absolute atomic E-state index is 1.06. The van der Waals surface area contributed by atoms with Crippen molar-refractivity contribution in [1.29, 1.82) is 0 Å². The quantitative estimate of drug-likeness (QED) is 0.810. The van der Waals surface area contributed by atoms with Gasteiger partial charge >= 0.3 is 0 Å². The van der Waals surface area contributed by atoms with Crippen molar-refractivity contribution < 1.29 is 28.9 Å². The molecule has 0 aliphatic heterocycles. The van der Waals surface area contributed by atoms with Gasteiger partial charge in [-0.1, -0.05) is 43.7 Å². The lowest BCUT2D eigenvalue weighted by atomic mass is 10.1. The average Bonchev–Trinajstić information content (AvgIpc) is 2.40. The van der Waals surface area contributed by atoms with Crippen LogP contribution in [-0.2, 0) is 0 Å². The van der Waals surface area contributed by atoms with Crippen LogP contribution in [0.25, 0.3) is 6.08 Å². The lowest BCUT2D eigenvalue weighted by Crippen LogP contribution is -2.58. The van der Waals surface area contributed by atoms with Crippen LogP contribution in [0.5, 0.6) is 0 Å². The molecule has 1 aromatic carbocycles. The van der Waals surface area contributed by atoms with Crippen LogP contribution < -0.4 is 18.9 Å². The summed E-state index contributed by atoms with van der Waals surface area (Å²) in [5, 5.41) is 0. The normalized spacial score (nSPS) is 11.2. The van der Waals surface area contributed by atoms with Crippen molar-refractivity contribution in [3.8, 4) is 0 Å². The third-order valence-electron chi connectivity index (χ3n) is 2.79. The van der Waals surface area contributed by atoms with Gasteiger partial charge in [-0.3, -0.25) is 0 Å². The van der Waals surface area contributed by atoms with E-state index < -0.39 is 10.2 Å². The Morgan fingerprint density at radius 1 is 1.10 bits per heavy atom. The van der Waals surface area contributed by atoms with E-state index in [1.165, 1.54) is 17.7 Å². The molecule has 6 heteroatoms. The van der Waals surface area contributed by atoms with Gasteiger partial charge in [0.1, 0.15) is 0 Å². The number of halogens is 1. The Morgan fingerprint density at radius 2 is 1.62 bits per heavy atom. The summed E-state index contributed by atoms with van der Waals surface area (Å²) in [4.78, 5) is 2.39. The van der Waals surface area contributed by atoms with Gasteiger partial charge in [0, 0.05) is 18.8 Å². The maximum absolute atomic E-state index is 8.60. The van der Waals surface area contributed by atoms with Crippen molar-refractivity contribution in [2.24, 2.45) is 0 Å². The zero-order valence-electron chi connectivity index (χ0n) is 12.8. The van der Waals surface area contributed by atoms with E-state index in [1.54, 1.807) is 0 Å². The summed E-state index contributed by atoms with van der Waals surface area (Å²) in [7, 11) is -4.69. The summed E-state index contributed by atoms with van der Waals surface area (Å²) >= 11 is 0. The SMILES string of the molecule is CCCC=Cc1ccccc1N(CC)CC.[O-][Cl+3]([O-])([O-])O. The molecule has 1 rings (SSSR count). The van der Waals surface area contributed by atoms with Crippen LogP contribution >= 0.6 is 0 Å². The first-order chi connectivity index (χ1) is 9.83. The summed E-state index contributed by atoms with van der Waals surface area (Å²) < 4.78 is 32.7. The first-order valence-electron chi connectivity index (χ1n) is 6.97. The van der Waals surface area contributed by atoms with Crippen molar-refractivity contribution in [1.82, 2.24) is 0 Å². The molecule has 0 spiro atoms. The van der Waals surface area contributed by atoms with Crippen LogP contribution in [0.15, 0.2) is 30.3 Å². The largest absolute Gasteiger partial charge is 0.372 e. The molecule has 0 saturated carbocycles. The minimum Gasteiger partial charge on any atom is -0.372 e. The number of benzene rings is 1. The predicted molar refractivity (Wildman–Crippen MR) is 76.2 cm³/mol. The van der Waals surface area contributed by atoms with E-state index >= 15 is 0 Å². The molecule has 0 radical (unpaired) electrons. The maximum Gasteiger partial charge on any atom is 0.0777 e. The Morgan fingerprint density at radius 3 is 2.10 bits per heavy atom. The highest BCUT2D eigenvalue weighted by Crippen LogP contribution is 2.21. The van der Waals surface area contributed by atoms with Gasteiger partial charge in [-0.2, -0.15) is 14.0 Å². The molecule has 0 unspecified atom stereocenters. The highest BCUT2D eigenvalue weighted by Gasteiger charge is 2.04. The van der Waals surface area contributed by atoms with Gasteiger partial charge in [-0.25, -0.2) is 0 Å². The molecule has 0 aromatic heterocycles. The number of nitrogens with zero attached hydrogens (tertiary/aromatic N) is 1. The van der Waals surface area contributed by atoms with E-state index in [4.69, 9.17) is 18.6 Å². The van der Waals surface area contributed by atoms with Crippen molar-refractivity contribution in [2.45, 2.75) is 33.6 Å². The molecule has 0 aliphatic rings. The molecule has 0 heterocycles. The molecule has 21 heavy (non-hydrogen) atoms.